The molecule has 0 fully saturated rings. The van der Waals surface area contributed by atoms with E-state index < -0.39 is 22.0 Å². The number of nitrogens with one attached hydrogen (secondary N) is 1. The molecule has 26 heavy (non-hydrogen) atoms. The van der Waals surface area contributed by atoms with Gasteiger partial charge in [0.2, 0.25) is 0 Å². The van der Waals surface area contributed by atoms with E-state index >= 15 is 0 Å². The molecule has 9 heteroatoms. The number of halogens is 3. The van der Waals surface area contributed by atoms with Crippen molar-refractivity contribution in [2.75, 3.05) is 0 Å². The first-order valence-electron chi connectivity index (χ1n) is 7.40. The average Bonchev–Trinajstić information content (AvgIpc) is 3.02. The van der Waals surface area contributed by atoms with Crippen molar-refractivity contribution in [3.05, 3.63) is 65.9 Å². The fourth-order valence-corrected chi connectivity index (χ4v) is 3.03. The third-order valence-electron chi connectivity index (χ3n) is 3.63. The van der Waals surface area contributed by atoms with E-state index in [1.54, 1.807) is 19.2 Å². The van der Waals surface area contributed by atoms with E-state index in [-0.39, 0.29) is 10.5 Å². The number of alkyl halides is 3. The number of rotatable bonds is 4. The Balaban J connectivity index is 1.98. The van der Waals surface area contributed by atoms with Crippen molar-refractivity contribution in [3.8, 4) is 0 Å². The lowest BCUT2D eigenvalue weighted by atomic mass is 10.1. The molecule has 0 radical (unpaired) electrons. The van der Waals surface area contributed by atoms with Crippen LogP contribution in [0, 0.1) is 6.92 Å². The number of hydrogen-bond acceptors (Lipinski definition) is 4. The number of aryl methyl sites for hydroxylation is 1. The first-order chi connectivity index (χ1) is 12.2. The first kappa shape index (κ1) is 18.0. The van der Waals surface area contributed by atoms with E-state index in [0.29, 0.717) is 10.9 Å². The molecule has 0 bridgehead atoms. The first-order valence-corrected chi connectivity index (χ1v) is 8.81. The summed E-state index contributed by atoms with van der Waals surface area (Å²) in [4.78, 5) is 2.58. The number of hydrogen-bond donors (Lipinski definition) is 1. The fourth-order valence-electron chi connectivity index (χ4n) is 2.30. The van der Waals surface area contributed by atoms with Gasteiger partial charge in [0.05, 0.1) is 0 Å². The van der Waals surface area contributed by atoms with Crippen molar-refractivity contribution in [1.29, 1.82) is 0 Å². The van der Waals surface area contributed by atoms with Gasteiger partial charge >= 0.3 is 16.3 Å². The van der Waals surface area contributed by atoms with Crippen LogP contribution in [0.5, 0.6) is 0 Å². The predicted molar refractivity (Wildman–Crippen MR) is 90.3 cm³/mol. The normalized spacial score (nSPS) is 13.2. The van der Waals surface area contributed by atoms with Crippen molar-refractivity contribution in [2.24, 2.45) is 5.16 Å². The zero-order chi connectivity index (χ0) is 18.9. The maximum Gasteiger partial charge on any atom is 0.437 e. The summed E-state index contributed by atoms with van der Waals surface area (Å²) in [5, 5.41) is 3.45. The van der Waals surface area contributed by atoms with Gasteiger partial charge in [0, 0.05) is 22.7 Å². The lowest BCUT2D eigenvalue weighted by Crippen LogP contribution is -2.25. The van der Waals surface area contributed by atoms with Crippen LogP contribution in [-0.2, 0) is 14.4 Å². The highest BCUT2D eigenvalue weighted by molar-refractivity contribution is 7.86. The second-order valence-corrected chi connectivity index (χ2v) is 7.09. The highest BCUT2D eigenvalue weighted by Crippen LogP contribution is 2.26. The molecule has 1 aromatic heterocycles. The van der Waals surface area contributed by atoms with E-state index in [0.717, 1.165) is 5.56 Å². The van der Waals surface area contributed by atoms with Gasteiger partial charge in [-0.2, -0.15) is 21.6 Å². The molecule has 3 rings (SSSR count). The lowest BCUT2D eigenvalue weighted by molar-refractivity contribution is -0.0596. The van der Waals surface area contributed by atoms with Crippen LogP contribution >= 0.6 is 0 Å². The molecule has 0 saturated heterocycles. The Morgan fingerprint density at radius 2 is 1.77 bits per heavy atom. The molecule has 3 aromatic rings. The van der Waals surface area contributed by atoms with Crippen LogP contribution < -0.4 is 0 Å². The number of benzene rings is 2. The van der Waals surface area contributed by atoms with Crippen molar-refractivity contribution in [3.63, 3.8) is 0 Å². The van der Waals surface area contributed by atoms with E-state index in [1.165, 1.54) is 42.5 Å². The second-order valence-electron chi connectivity index (χ2n) is 5.56. The third kappa shape index (κ3) is 3.72. The summed E-state index contributed by atoms with van der Waals surface area (Å²) in [6, 6.07) is 11.0. The van der Waals surface area contributed by atoms with Gasteiger partial charge in [-0.25, -0.2) is 0 Å². The molecule has 0 unspecified atom stereocenters. The molecule has 0 atom stereocenters. The smallest absolute Gasteiger partial charge is 0.361 e. The fraction of sp³-hybridized carbons (Fsp3) is 0.118. The van der Waals surface area contributed by atoms with Gasteiger partial charge < -0.3 is 4.98 Å². The maximum atomic E-state index is 13.3. The Labute approximate surface area is 147 Å². The lowest BCUT2D eigenvalue weighted by Gasteiger charge is -2.10. The molecule has 0 spiro atoms. The highest BCUT2D eigenvalue weighted by Gasteiger charge is 2.38. The number of fused-ring (bicyclic) bond motifs is 1. The summed E-state index contributed by atoms with van der Waals surface area (Å²) in [6.45, 7) is 1.74. The van der Waals surface area contributed by atoms with E-state index in [4.69, 9.17) is 0 Å². The molecular weight excluding hydrogens is 369 g/mol. The number of nitrogens with zero attached hydrogens (tertiary/aromatic N) is 1. The minimum absolute atomic E-state index is 0.283. The summed E-state index contributed by atoms with van der Waals surface area (Å²) in [5.41, 5.74) is -0.299. The minimum atomic E-state index is -4.90. The summed E-state index contributed by atoms with van der Waals surface area (Å²) < 4.78 is 68.5. The Morgan fingerprint density at radius 1 is 1.08 bits per heavy atom. The van der Waals surface area contributed by atoms with Crippen molar-refractivity contribution >= 4 is 26.7 Å². The summed E-state index contributed by atoms with van der Waals surface area (Å²) >= 11 is 0. The molecule has 5 nitrogen and oxygen atoms in total. The number of aromatic amines is 1. The van der Waals surface area contributed by atoms with E-state index in [9.17, 15) is 21.6 Å². The summed E-state index contributed by atoms with van der Waals surface area (Å²) in [7, 11) is -4.47. The largest absolute Gasteiger partial charge is 0.437 e. The van der Waals surface area contributed by atoms with Crippen LogP contribution in [0.3, 0.4) is 0 Å². The topological polar surface area (TPSA) is 71.5 Å². The van der Waals surface area contributed by atoms with E-state index in [2.05, 4.69) is 14.4 Å². The van der Waals surface area contributed by atoms with Crippen LogP contribution in [0.4, 0.5) is 13.2 Å². The Hall–Kier alpha value is -2.81. The standard InChI is InChI=1S/C17H13F3N2O3S/c1-11-2-5-14(6-3-11)26(23,24)25-22-16(17(18,19)20)13-4-7-15-12(10-13)8-9-21-15/h2-10,21H,1H3/b22-16+. The van der Waals surface area contributed by atoms with Crippen molar-refractivity contribution in [1.82, 2.24) is 4.98 Å². The third-order valence-corrected chi connectivity index (χ3v) is 4.75. The van der Waals surface area contributed by atoms with Gasteiger partial charge in [0.15, 0.2) is 5.71 Å². The van der Waals surface area contributed by atoms with Gasteiger partial charge in [0.25, 0.3) is 0 Å². The maximum absolute atomic E-state index is 13.3. The molecule has 1 N–H and O–H groups in total. The Kier molecular flexibility index (Phi) is 4.49. The quantitative estimate of drug-likeness (QED) is 0.544. The minimum Gasteiger partial charge on any atom is -0.361 e. The van der Waals surface area contributed by atoms with Gasteiger partial charge in [-0.3, -0.25) is 4.28 Å². The highest BCUT2D eigenvalue weighted by atomic mass is 32.2. The van der Waals surface area contributed by atoms with Gasteiger partial charge in [0.1, 0.15) is 4.90 Å². The Bertz CT molecular complexity index is 1070. The monoisotopic (exact) mass is 382 g/mol. The number of aromatic nitrogens is 1. The molecule has 0 aliphatic rings. The zero-order valence-corrected chi connectivity index (χ0v) is 14.2. The number of H-pyrrole nitrogens is 1. The van der Waals surface area contributed by atoms with Crippen LogP contribution in [0.25, 0.3) is 10.9 Å². The zero-order valence-electron chi connectivity index (χ0n) is 13.4. The summed E-state index contributed by atoms with van der Waals surface area (Å²) in [5.74, 6) is 0. The summed E-state index contributed by atoms with van der Waals surface area (Å²) in [6.07, 6.45) is -3.32. The van der Waals surface area contributed by atoms with Crippen LogP contribution in [0.2, 0.25) is 0 Å². The SMILES string of the molecule is Cc1ccc(S(=O)(=O)O/N=C(\c2ccc3[nH]ccc3c2)C(F)(F)F)cc1. The predicted octanol–water partition coefficient (Wildman–Crippen LogP) is 4.15. The molecule has 1 heterocycles. The molecule has 0 aliphatic heterocycles. The molecule has 0 amide bonds. The van der Waals surface area contributed by atoms with Crippen LogP contribution in [-0.4, -0.2) is 25.3 Å². The molecule has 0 saturated carbocycles. The van der Waals surface area contributed by atoms with Crippen molar-refractivity contribution < 1.29 is 25.9 Å². The van der Waals surface area contributed by atoms with E-state index in [1.807, 2.05) is 0 Å². The second kappa shape index (κ2) is 6.49. The van der Waals surface area contributed by atoms with Crippen molar-refractivity contribution in [2.45, 2.75) is 18.0 Å². The van der Waals surface area contributed by atoms with Gasteiger partial charge in [-0.1, -0.05) is 28.9 Å². The van der Waals surface area contributed by atoms with Gasteiger partial charge in [-0.05, 0) is 37.3 Å². The Morgan fingerprint density at radius 3 is 2.42 bits per heavy atom. The van der Waals surface area contributed by atoms with Crippen LogP contribution in [0.1, 0.15) is 11.1 Å². The molecule has 136 valence electrons. The average molecular weight is 382 g/mol. The van der Waals surface area contributed by atoms with Crippen LogP contribution in [0.15, 0.2) is 64.8 Å². The molecular formula is C17H13F3N2O3S. The number of oxime groups is 1. The van der Waals surface area contributed by atoms with Gasteiger partial charge in [-0.15, -0.1) is 0 Å². The molecule has 2 aromatic carbocycles. The molecule has 0 aliphatic carbocycles.